The number of methoxy groups -OCH3 is 2. The van der Waals surface area contributed by atoms with E-state index in [1.807, 2.05) is 19.9 Å². The van der Waals surface area contributed by atoms with Gasteiger partial charge in [0.1, 0.15) is 22.9 Å². The molecule has 0 unspecified atom stereocenters. The molecule has 0 fully saturated rings. The van der Waals surface area contributed by atoms with Crippen molar-refractivity contribution in [1.29, 1.82) is 0 Å². The Labute approximate surface area is 165 Å². The monoisotopic (exact) mass is 383 g/mol. The van der Waals surface area contributed by atoms with E-state index in [2.05, 4.69) is 4.98 Å². The van der Waals surface area contributed by atoms with Crippen molar-refractivity contribution in [2.45, 2.75) is 20.3 Å². The maximum atomic E-state index is 12.4. The molecule has 0 aliphatic rings. The minimum atomic E-state index is -0.251. The number of allylic oxidation sites excluding steroid dienone is 3. The van der Waals surface area contributed by atoms with Crippen LogP contribution in [0.3, 0.4) is 0 Å². The molecule has 2 rings (SSSR count). The number of rotatable bonds is 9. The summed E-state index contributed by atoms with van der Waals surface area (Å²) in [5.41, 5.74) is 2.57. The lowest BCUT2D eigenvalue weighted by Crippen LogP contribution is -2.05. The van der Waals surface area contributed by atoms with Crippen molar-refractivity contribution in [2.24, 2.45) is 0 Å². The highest BCUT2D eigenvalue weighted by Crippen LogP contribution is 2.40. The molecule has 2 aromatic rings. The third-order valence-electron chi connectivity index (χ3n) is 3.94. The Morgan fingerprint density at radius 3 is 2.64 bits per heavy atom. The first-order valence-electron chi connectivity index (χ1n) is 8.79. The molecule has 0 spiro atoms. The molecule has 0 bridgehead atoms. The second-order valence-electron chi connectivity index (χ2n) is 6.27. The first-order valence-corrected chi connectivity index (χ1v) is 8.79. The zero-order valence-corrected chi connectivity index (χ0v) is 16.6. The number of pyridine rings is 1. The zero-order valence-electron chi connectivity index (χ0n) is 16.6. The molecule has 6 heteroatoms. The van der Waals surface area contributed by atoms with E-state index in [-0.39, 0.29) is 18.3 Å². The standard InChI is InChI=1S/C22H25NO5/c1-15(2)8-9-16-20(25)13-21(27-4)17(22(16)28-14-26-3)10-11-19(24)18-7-5-6-12-23-18/h5-8,10-13,25H,9,14H2,1-4H3/b11-10+. The number of ether oxygens (including phenoxy) is 3. The molecular formula is C22H25NO5. The summed E-state index contributed by atoms with van der Waals surface area (Å²) in [7, 11) is 3.00. The van der Waals surface area contributed by atoms with Crippen LogP contribution < -0.4 is 9.47 Å². The molecule has 0 atom stereocenters. The molecule has 0 saturated heterocycles. The summed E-state index contributed by atoms with van der Waals surface area (Å²) in [6.07, 6.45) is 7.01. The lowest BCUT2D eigenvalue weighted by Gasteiger charge is -2.17. The smallest absolute Gasteiger partial charge is 0.204 e. The van der Waals surface area contributed by atoms with Crippen LogP contribution in [-0.4, -0.2) is 36.9 Å². The van der Waals surface area contributed by atoms with Gasteiger partial charge >= 0.3 is 0 Å². The Bertz CT molecular complexity index is 868. The average Bonchev–Trinajstić information content (AvgIpc) is 2.70. The van der Waals surface area contributed by atoms with Crippen molar-refractivity contribution in [2.75, 3.05) is 21.0 Å². The van der Waals surface area contributed by atoms with E-state index < -0.39 is 0 Å². The summed E-state index contributed by atoms with van der Waals surface area (Å²) in [6, 6.07) is 6.65. The zero-order chi connectivity index (χ0) is 20.5. The quantitative estimate of drug-likeness (QED) is 0.303. The number of hydrogen-bond donors (Lipinski definition) is 1. The minimum absolute atomic E-state index is 0.0105. The number of hydrogen-bond acceptors (Lipinski definition) is 6. The van der Waals surface area contributed by atoms with Gasteiger partial charge in [0, 0.05) is 24.9 Å². The number of phenolic OH excluding ortho intramolecular Hbond substituents is 1. The van der Waals surface area contributed by atoms with E-state index in [0.29, 0.717) is 34.7 Å². The SMILES string of the molecule is COCOc1c(/C=C/C(=O)c2ccccn2)c(OC)cc(O)c1CC=C(C)C. The van der Waals surface area contributed by atoms with E-state index >= 15 is 0 Å². The summed E-state index contributed by atoms with van der Waals surface area (Å²) in [5, 5.41) is 10.5. The number of phenols is 1. The van der Waals surface area contributed by atoms with E-state index in [9.17, 15) is 9.90 Å². The number of aromatic hydroxyl groups is 1. The molecule has 0 aliphatic heterocycles. The topological polar surface area (TPSA) is 77.9 Å². The van der Waals surface area contributed by atoms with Crippen LogP contribution in [0.2, 0.25) is 0 Å². The van der Waals surface area contributed by atoms with Gasteiger partial charge in [-0.1, -0.05) is 17.7 Å². The van der Waals surface area contributed by atoms with Crippen LogP contribution in [0.4, 0.5) is 0 Å². The Hall–Kier alpha value is -3.12. The van der Waals surface area contributed by atoms with E-state index in [0.717, 1.165) is 5.57 Å². The second-order valence-corrected chi connectivity index (χ2v) is 6.27. The molecule has 1 aromatic heterocycles. The minimum Gasteiger partial charge on any atom is -0.507 e. The van der Waals surface area contributed by atoms with Gasteiger partial charge in [0.25, 0.3) is 0 Å². The molecule has 148 valence electrons. The number of benzene rings is 1. The highest BCUT2D eigenvalue weighted by atomic mass is 16.7. The third kappa shape index (κ3) is 5.44. The second kappa shape index (κ2) is 10.3. The largest absolute Gasteiger partial charge is 0.507 e. The van der Waals surface area contributed by atoms with Crippen molar-refractivity contribution >= 4 is 11.9 Å². The van der Waals surface area contributed by atoms with E-state index in [1.54, 1.807) is 30.5 Å². The summed E-state index contributed by atoms with van der Waals surface area (Å²) >= 11 is 0. The fraction of sp³-hybridized carbons (Fsp3) is 0.273. The average molecular weight is 383 g/mol. The lowest BCUT2D eigenvalue weighted by atomic mass is 10.0. The number of carbonyl (C=O) groups excluding carboxylic acids is 1. The number of carbonyl (C=O) groups is 1. The molecular weight excluding hydrogens is 358 g/mol. The highest BCUT2D eigenvalue weighted by Gasteiger charge is 2.18. The molecule has 1 heterocycles. The summed E-state index contributed by atoms with van der Waals surface area (Å²) < 4.78 is 16.2. The van der Waals surface area contributed by atoms with Crippen molar-refractivity contribution in [1.82, 2.24) is 4.98 Å². The lowest BCUT2D eigenvalue weighted by molar-refractivity contribution is 0.0500. The van der Waals surface area contributed by atoms with Crippen LogP contribution >= 0.6 is 0 Å². The summed E-state index contributed by atoms with van der Waals surface area (Å²) in [6.45, 7) is 3.94. The summed E-state index contributed by atoms with van der Waals surface area (Å²) in [4.78, 5) is 16.5. The number of ketones is 1. The maximum Gasteiger partial charge on any atom is 0.204 e. The van der Waals surface area contributed by atoms with Crippen molar-refractivity contribution < 1.29 is 24.1 Å². The van der Waals surface area contributed by atoms with E-state index in [1.165, 1.54) is 26.4 Å². The summed E-state index contributed by atoms with van der Waals surface area (Å²) in [5.74, 6) is 0.587. The molecule has 0 saturated carbocycles. The van der Waals surface area contributed by atoms with Gasteiger partial charge in [-0.15, -0.1) is 0 Å². The van der Waals surface area contributed by atoms with E-state index in [4.69, 9.17) is 14.2 Å². The van der Waals surface area contributed by atoms with Crippen LogP contribution in [0.1, 0.15) is 35.5 Å². The third-order valence-corrected chi connectivity index (χ3v) is 3.94. The predicted molar refractivity (Wildman–Crippen MR) is 108 cm³/mol. The molecule has 0 amide bonds. The predicted octanol–water partition coefficient (Wildman–Crippen LogP) is 4.18. The number of aromatic nitrogens is 1. The molecule has 0 radical (unpaired) electrons. The van der Waals surface area contributed by atoms with Crippen LogP contribution in [0, 0.1) is 0 Å². The highest BCUT2D eigenvalue weighted by molar-refractivity contribution is 6.05. The van der Waals surface area contributed by atoms with Gasteiger partial charge in [0.2, 0.25) is 5.78 Å². The van der Waals surface area contributed by atoms with Gasteiger partial charge < -0.3 is 19.3 Å². The molecule has 1 N–H and O–H groups in total. The fourth-order valence-corrected chi connectivity index (χ4v) is 2.55. The Balaban J connectivity index is 2.52. The Morgan fingerprint density at radius 1 is 1.25 bits per heavy atom. The van der Waals surface area contributed by atoms with Gasteiger partial charge in [-0.25, -0.2) is 0 Å². The van der Waals surface area contributed by atoms with Gasteiger partial charge in [0.15, 0.2) is 6.79 Å². The molecule has 1 aromatic carbocycles. The van der Waals surface area contributed by atoms with Crippen LogP contribution in [0.25, 0.3) is 6.08 Å². The maximum absolute atomic E-state index is 12.4. The Morgan fingerprint density at radius 2 is 2.04 bits per heavy atom. The number of nitrogens with zero attached hydrogens (tertiary/aromatic N) is 1. The Kier molecular flexibility index (Phi) is 7.77. The fourth-order valence-electron chi connectivity index (χ4n) is 2.55. The normalized spacial score (nSPS) is 10.7. The molecule has 6 nitrogen and oxygen atoms in total. The molecule has 0 aliphatic carbocycles. The van der Waals surface area contributed by atoms with Gasteiger partial charge in [-0.2, -0.15) is 0 Å². The van der Waals surface area contributed by atoms with Gasteiger partial charge in [0.05, 0.1) is 12.7 Å². The van der Waals surface area contributed by atoms with Crippen LogP contribution in [0.5, 0.6) is 17.2 Å². The van der Waals surface area contributed by atoms with Crippen LogP contribution in [0.15, 0.2) is 48.2 Å². The first kappa shape index (κ1) is 21.2. The van der Waals surface area contributed by atoms with Crippen molar-refractivity contribution in [3.8, 4) is 17.2 Å². The van der Waals surface area contributed by atoms with Crippen LogP contribution in [-0.2, 0) is 11.2 Å². The van der Waals surface area contributed by atoms with Gasteiger partial charge in [-0.3, -0.25) is 9.78 Å². The van der Waals surface area contributed by atoms with Gasteiger partial charge in [-0.05, 0) is 44.6 Å². The molecule has 28 heavy (non-hydrogen) atoms. The first-order chi connectivity index (χ1) is 13.5. The van der Waals surface area contributed by atoms with Crippen molar-refractivity contribution in [3.05, 3.63) is 65.0 Å². The van der Waals surface area contributed by atoms with Crippen molar-refractivity contribution in [3.63, 3.8) is 0 Å².